The lowest BCUT2D eigenvalue weighted by molar-refractivity contribution is -0.133. The molecule has 2 amide bonds. The standard InChI is InChI=1S/C26H25N3O6/c1-16-9-10-21-20(11-16)29(15-25(31)35-21)14-24(30)27-18-12-23(34-3)19(13-22(18)33-2)28-26(32)17-7-5-4-6-8-17/h4-13H,14-15H2,1-3H3,(H,27,30)(H,28,32). The molecule has 0 aliphatic carbocycles. The quantitative estimate of drug-likeness (QED) is 0.397. The average Bonchev–Trinajstić information content (AvgIpc) is 2.85. The van der Waals surface area contributed by atoms with E-state index in [1.165, 1.54) is 14.2 Å². The number of carbonyl (C=O) groups is 3. The molecule has 3 aromatic rings. The fourth-order valence-corrected chi connectivity index (χ4v) is 3.74. The van der Waals surface area contributed by atoms with Gasteiger partial charge in [0.05, 0.1) is 37.8 Å². The number of aryl methyl sites for hydroxylation is 1. The molecule has 180 valence electrons. The first kappa shape index (κ1) is 23.6. The lowest BCUT2D eigenvalue weighted by Gasteiger charge is -2.29. The summed E-state index contributed by atoms with van der Waals surface area (Å²) < 4.78 is 16.2. The molecule has 1 aliphatic heterocycles. The molecule has 0 saturated carbocycles. The van der Waals surface area contributed by atoms with Crippen LogP contribution in [0.4, 0.5) is 17.1 Å². The highest BCUT2D eigenvalue weighted by Gasteiger charge is 2.26. The fraction of sp³-hybridized carbons (Fsp3) is 0.192. The highest BCUT2D eigenvalue weighted by atomic mass is 16.5. The highest BCUT2D eigenvalue weighted by Crippen LogP contribution is 2.37. The van der Waals surface area contributed by atoms with Gasteiger partial charge < -0.3 is 29.7 Å². The predicted octanol–water partition coefficient (Wildman–Crippen LogP) is 3.63. The first-order valence-corrected chi connectivity index (χ1v) is 10.9. The zero-order chi connectivity index (χ0) is 24.9. The normalized spacial score (nSPS) is 12.3. The van der Waals surface area contributed by atoms with E-state index >= 15 is 0 Å². The molecule has 0 bridgehead atoms. The second-order valence-corrected chi connectivity index (χ2v) is 7.92. The molecule has 9 nitrogen and oxygen atoms in total. The topological polar surface area (TPSA) is 106 Å². The van der Waals surface area contributed by atoms with Crippen LogP contribution in [0.2, 0.25) is 0 Å². The number of amides is 2. The van der Waals surface area contributed by atoms with Crippen LogP contribution in [-0.4, -0.2) is 45.1 Å². The molecule has 3 aromatic carbocycles. The number of carbonyl (C=O) groups excluding carboxylic acids is 3. The van der Waals surface area contributed by atoms with Crippen LogP contribution in [0.15, 0.2) is 60.7 Å². The van der Waals surface area contributed by atoms with Crippen molar-refractivity contribution in [1.29, 1.82) is 0 Å². The van der Waals surface area contributed by atoms with Gasteiger partial charge in [-0.3, -0.25) is 9.59 Å². The van der Waals surface area contributed by atoms with E-state index in [4.69, 9.17) is 14.2 Å². The molecule has 0 spiro atoms. The number of benzene rings is 3. The smallest absolute Gasteiger partial charge is 0.331 e. The van der Waals surface area contributed by atoms with E-state index in [2.05, 4.69) is 10.6 Å². The molecule has 0 saturated heterocycles. The lowest BCUT2D eigenvalue weighted by atomic mass is 10.1. The largest absolute Gasteiger partial charge is 0.494 e. The summed E-state index contributed by atoms with van der Waals surface area (Å²) in [4.78, 5) is 39.2. The van der Waals surface area contributed by atoms with Crippen molar-refractivity contribution in [3.63, 3.8) is 0 Å². The average molecular weight is 476 g/mol. The van der Waals surface area contributed by atoms with Gasteiger partial charge in [-0.2, -0.15) is 0 Å². The zero-order valence-corrected chi connectivity index (χ0v) is 19.6. The summed E-state index contributed by atoms with van der Waals surface area (Å²) in [6.45, 7) is 1.79. The number of rotatable bonds is 7. The Labute approximate surface area is 202 Å². The van der Waals surface area contributed by atoms with Crippen LogP contribution in [-0.2, 0) is 9.59 Å². The SMILES string of the molecule is COc1cc(NC(=O)c2ccccc2)c(OC)cc1NC(=O)CN1CC(=O)Oc2ccc(C)cc21. The van der Waals surface area contributed by atoms with Gasteiger partial charge in [0.25, 0.3) is 5.91 Å². The summed E-state index contributed by atoms with van der Waals surface area (Å²) in [5, 5.41) is 5.61. The van der Waals surface area contributed by atoms with Crippen LogP contribution in [0.3, 0.4) is 0 Å². The van der Waals surface area contributed by atoms with E-state index in [0.29, 0.717) is 39.9 Å². The molecule has 1 heterocycles. The van der Waals surface area contributed by atoms with E-state index in [9.17, 15) is 14.4 Å². The number of anilines is 3. The Morgan fingerprint density at radius 3 is 2.26 bits per heavy atom. The van der Waals surface area contributed by atoms with Crippen LogP contribution in [0.5, 0.6) is 17.2 Å². The first-order valence-electron chi connectivity index (χ1n) is 10.9. The van der Waals surface area contributed by atoms with Crippen LogP contribution in [0.25, 0.3) is 0 Å². The van der Waals surface area contributed by atoms with E-state index in [1.807, 2.05) is 25.1 Å². The predicted molar refractivity (Wildman–Crippen MR) is 132 cm³/mol. The third-order valence-corrected chi connectivity index (χ3v) is 5.41. The summed E-state index contributed by atoms with van der Waals surface area (Å²) in [6.07, 6.45) is 0. The van der Waals surface area contributed by atoms with Crippen LogP contribution >= 0.6 is 0 Å². The van der Waals surface area contributed by atoms with Gasteiger partial charge in [-0.1, -0.05) is 24.3 Å². The maximum Gasteiger partial charge on any atom is 0.331 e. The number of methoxy groups -OCH3 is 2. The van der Waals surface area contributed by atoms with Gasteiger partial charge in [0.15, 0.2) is 5.75 Å². The molecule has 0 fully saturated rings. The number of esters is 1. The molecule has 0 aromatic heterocycles. The van der Waals surface area contributed by atoms with Gasteiger partial charge >= 0.3 is 5.97 Å². The van der Waals surface area contributed by atoms with Crippen molar-refractivity contribution < 1.29 is 28.6 Å². The van der Waals surface area contributed by atoms with Crippen molar-refractivity contribution in [2.75, 3.05) is 42.8 Å². The van der Waals surface area contributed by atoms with Crippen LogP contribution < -0.4 is 29.7 Å². The molecular weight excluding hydrogens is 450 g/mol. The number of hydrogen-bond acceptors (Lipinski definition) is 7. The first-order chi connectivity index (χ1) is 16.9. The van der Waals surface area contributed by atoms with E-state index < -0.39 is 5.97 Å². The molecule has 35 heavy (non-hydrogen) atoms. The molecule has 0 atom stereocenters. The number of fused-ring (bicyclic) bond motifs is 1. The summed E-state index contributed by atoms with van der Waals surface area (Å²) in [7, 11) is 2.92. The number of nitrogens with one attached hydrogen (secondary N) is 2. The third kappa shape index (κ3) is 5.35. The minimum absolute atomic E-state index is 0.0468. The fourth-order valence-electron chi connectivity index (χ4n) is 3.74. The van der Waals surface area contributed by atoms with Gasteiger partial charge in [-0.25, -0.2) is 4.79 Å². The molecule has 2 N–H and O–H groups in total. The second-order valence-electron chi connectivity index (χ2n) is 7.92. The monoisotopic (exact) mass is 475 g/mol. The summed E-state index contributed by atoms with van der Waals surface area (Å²) in [5.41, 5.74) is 2.88. The van der Waals surface area contributed by atoms with E-state index in [1.54, 1.807) is 47.4 Å². The molecule has 0 radical (unpaired) electrons. The number of ether oxygens (including phenoxy) is 3. The summed E-state index contributed by atoms with van der Waals surface area (Å²) in [5.74, 6) is -0.0312. The Hall–Kier alpha value is -4.53. The van der Waals surface area contributed by atoms with Crippen molar-refractivity contribution in [3.05, 3.63) is 71.8 Å². The van der Waals surface area contributed by atoms with Gasteiger partial charge in [-0.05, 0) is 36.8 Å². The van der Waals surface area contributed by atoms with Crippen molar-refractivity contribution in [2.45, 2.75) is 6.92 Å². The van der Waals surface area contributed by atoms with Gasteiger partial charge in [0.2, 0.25) is 5.91 Å². The minimum atomic E-state index is -0.438. The van der Waals surface area contributed by atoms with E-state index in [0.717, 1.165) is 5.56 Å². The van der Waals surface area contributed by atoms with Gasteiger partial charge in [-0.15, -0.1) is 0 Å². The van der Waals surface area contributed by atoms with E-state index in [-0.39, 0.29) is 24.9 Å². The number of nitrogens with zero attached hydrogens (tertiary/aromatic N) is 1. The maximum atomic E-state index is 12.9. The lowest BCUT2D eigenvalue weighted by Crippen LogP contribution is -2.41. The van der Waals surface area contributed by atoms with Crippen molar-refractivity contribution >= 4 is 34.8 Å². The summed E-state index contributed by atoms with van der Waals surface area (Å²) in [6, 6.07) is 17.3. The van der Waals surface area contributed by atoms with Gasteiger partial charge in [0.1, 0.15) is 18.0 Å². The Balaban J connectivity index is 1.53. The maximum absolute atomic E-state index is 12.9. The Kier molecular flexibility index (Phi) is 6.86. The van der Waals surface area contributed by atoms with Crippen LogP contribution in [0.1, 0.15) is 15.9 Å². The Bertz CT molecular complexity index is 1280. The molecular formula is C26H25N3O6. The zero-order valence-electron chi connectivity index (χ0n) is 19.6. The minimum Gasteiger partial charge on any atom is -0.494 e. The van der Waals surface area contributed by atoms with Gasteiger partial charge in [0, 0.05) is 17.7 Å². The number of hydrogen-bond donors (Lipinski definition) is 2. The van der Waals surface area contributed by atoms with Crippen molar-refractivity contribution in [1.82, 2.24) is 0 Å². The second kappa shape index (κ2) is 10.2. The summed E-state index contributed by atoms with van der Waals surface area (Å²) >= 11 is 0. The third-order valence-electron chi connectivity index (χ3n) is 5.41. The molecule has 9 heteroatoms. The molecule has 1 aliphatic rings. The Morgan fingerprint density at radius 1 is 0.943 bits per heavy atom. The van der Waals surface area contributed by atoms with Crippen molar-refractivity contribution in [3.8, 4) is 17.2 Å². The molecule has 4 rings (SSSR count). The Morgan fingerprint density at radius 2 is 1.60 bits per heavy atom. The highest BCUT2D eigenvalue weighted by molar-refractivity contribution is 6.06. The molecule has 0 unspecified atom stereocenters. The van der Waals surface area contributed by atoms with Crippen molar-refractivity contribution in [2.24, 2.45) is 0 Å². The van der Waals surface area contributed by atoms with Crippen LogP contribution in [0, 0.1) is 6.92 Å².